The fourth-order valence-electron chi connectivity index (χ4n) is 1.62. The van der Waals surface area contributed by atoms with Crippen LogP contribution in [-0.4, -0.2) is 50.8 Å². The van der Waals surface area contributed by atoms with Crippen LogP contribution in [0.3, 0.4) is 0 Å². The van der Waals surface area contributed by atoms with Crippen molar-refractivity contribution in [3.05, 3.63) is 30.3 Å². The second kappa shape index (κ2) is 7.47. The molecule has 0 aliphatic heterocycles. The van der Waals surface area contributed by atoms with Gasteiger partial charge < -0.3 is 15.2 Å². The third-order valence-corrected chi connectivity index (χ3v) is 3.55. The van der Waals surface area contributed by atoms with Crippen LogP contribution < -0.4 is 10.1 Å². The summed E-state index contributed by atoms with van der Waals surface area (Å²) in [6, 6.07) is 9.03. The van der Waals surface area contributed by atoms with Gasteiger partial charge in [0, 0.05) is 18.8 Å². The van der Waals surface area contributed by atoms with E-state index in [-0.39, 0.29) is 18.4 Å². The normalized spacial score (nSPS) is 14.9. The molecule has 2 unspecified atom stereocenters. The SMILES string of the molecule is CC(CS(C)(=O)=O)NCC(O)COc1ccccc1. The molecule has 0 fully saturated rings. The summed E-state index contributed by atoms with van der Waals surface area (Å²) >= 11 is 0. The van der Waals surface area contributed by atoms with Gasteiger partial charge in [-0.15, -0.1) is 0 Å². The minimum absolute atomic E-state index is 0.0548. The molecule has 0 saturated heterocycles. The molecule has 2 atom stereocenters. The summed E-state index contributed by atoms with van der Waals surface area (Å²) in [4.78, 5) is 0. The Labute approximate surface area is 114 Å². The van der Waals surface area contributed by atoms with Crippen molar-refractivity contribution in [1.82, 2.24) is 5.32 Å². The van der Waals surface area contributed by atoms with Gasteiger partial charge in [0.2, 0.25) is 0 Å². The summed E-state index contributed by atoms with van der Waals surface area (Å²) in [6.07, 6.45) is 0.516. The first-order chi connectivity index (χ1) is 8.87. The number of para-hydroxylation sites is 1. The van der Waals surface area contributed by atoms with Gasteiger partial charge in [-0.05, 0) is 19.1 Å². The standard InChI is InChI=1S/C13H21NO4S/c1-11(10-19(2,16)17)14-8-12(15)9-18-13-6-4-3-5-7-13/h3-7,11-12,14-15H,8-10H2,1-2H3. The van der Waals surface area contributed by atoms with Gasteiger partial charge in [-0.1, -0.05) is 18.2 Å². The van der Waals surface area contributed by atoms with Crippen molar-refractivity contribution in [3.8, 4) is 5.75 Å². The third kappa shape index (κ3) is 7.81. The van der Waals surface area contributed by atoms with E-state index >= 15 is 0 Å². The van der Waals surface area contributed by atoms with Crippen molar-refractivity contribution >= 4 is 9.84 Å². The fourth-order valence-corrected chi connectivity index (χ4v) is 2.64. The smallest absolute Gasteiger partial charge is 0.148 e. The van der Waals surface area contributed by atoms with Crippen LogP contribution in [0.25, 0.3) is 0 Å². The minimum atomic E-state index is -3.00. The molecule has 0 heterocycles. The maximum atomic E-state index is 11.1. The van der Waals surface area contributed by atoms with Gasteiger partial charge in [0.15, 0.2) is 0 Å². The van der Waals surface area contributed by atoms with Crippen LogP contribution in [0.15, 0.2) is 30.3 Å². The van der Waals surface area contributed by atoms with Gasteiger partial charge in [-0.3, -0.25) is 0 Å². The van der Waals surface area contributed by atoms with Gasteiger partial charge >= 0.3 is 0 Å². The van der Waals surface area contributed by atoms with Crippen LogP contribution in [0, 0.1) is 0 Å². The molecule has 19 heavy (non-hydrogen) atoms. The van der Waals surface area contributed by atoms with E-state index in [1.807, 2.05) is 30.3 Å². The number of hydrogen-bond donors (Lipinski definition) is 2. The summed E-state index contributed by atoms with van der Waals surface area (Å²) in [7, 11) is -3.00. The molecule has 0 saturated carbocycles. The van der Waals surface area contributed by atoms with E-state index < -0.39 is 15.9 Å². The number of aliphatic hydroxyl groups is 1. The van der Waals surface area contributed by atoms with Crippen LogP contribution in [0.5, 0.6) is 5.75 Å². The number of aliphatic hydroxyl groups excluding tert-OH is 1. The zero-order valence-corrected chi connectivity index (χ0v) is 12.1. The molecule has 1 aromatic carbocycles. The fraction of sp³-hybridized carbons (Fsp3) is 0.538. The maximum absolute atomic E-state index is 11.1. The van der Waals surface area contributed by atoms with Crippen molar-refractivity contribution in [3.63, 3.8) is 0 Å². The first-order valence-corrected chi connectivity index (χ1v) is 8.20. The van der Waals surface area contributed by atoms with E-state index in [1.165, 1.54) is 6.26 Å². The van der Waals surface area contributed by atoms with E-state index in [4.69, 9.17) is 4.74 Å². The number of rotatable bonds is 8. The Morgan fingerprint density at radius 1 is 1.32 bits per heavy atom. The molecule has 5 nitrogen and oxygen atoms in total. The average molecular weight is 287 g/mol. The summed E-state index contributed by atoms with van der Waals surface area (Å²) in [5.74, 6) is 0.755. The predicted molar refractivity (Wildman–Crippen MR) is 75.1 cm³/mol. The molecule has 108 valence electrons. The van der Waals surface area contributed by atoms with E-state index in [1.54, 1.807) is 6.92 Å². The highest BCUT2D eigenvalue weighted by Crippen LogP contribution is 2.08. The lowest BCUT2D eigenvalue weighted by molar-refractivity contribution is 0.105. The molecule has 6 heteroatoms. The summed E-state index contributed by atoms with van der Waals surface area (Å²) < 4.78 is 27.5. The molecule has 0 radical (unpaired) electrons. The molecule has 0 aromatic heterocycles. The Kier molecular flexibility index (Phi) is 6.27. The van der Waals surface area contributed by atoms with Crippen molar-refractivity contribution in [2.75, 3.05) is 25.2 Å². The van der Waals surface area contributed by atoms with Gasteiger partial charge in [0.25, 0.3) is 0 Å². The average Bonchev–Trinajstić information content (AvgIpc) is 2.33. The van der Waals surface area contributed by atoms with E-state index in [9.17, 15) is 13.5 Å². The Hall–Kier alpha value is -1.11. The lowest BCUT2D eigenvalue weighted by atomic mass is 10.3. The van der Waals surface area contributed by atoms with Gasteiger partial charge in [-0.2, -0.15) is 0 Å². The van der Waals surface area contributed by atoms with Crippen molar-refractivity contribution < 1.29 is 18.3 Å². The quantitative estimate of drug-likeness (QED) is 0.726. The molecule has 1 rings (SSSR count). The lowest BCUT2D eigenvalue weighted by Crippen LogP contribution is -2.39. The molecule has 0 amide bonds. The molecule has 0 aliphatic rings. The van der Waals surface area contributed by atoms with Crippen molar-refractivity contribution in [1.29, 1.82) is 0 Å². The maximum Gasteiger partial charge on any atom is 0.148 e. The van der Waals surface area contributed by atoms with Crippen LogP contribution >= 0.6 is 0 Å². The summed E-state index contributed by atoms with van der Waals surface area (Å²) in [5, 5.41) is 12.7. The van der Waals surface area contributed by atoms with Gasteiger partial charge in [0.05, 0.1) is 5.75 Å². The number of nitrogens with one attached hydrogen (secondary N) is 1. The molecular formula is C13H21NO4S. The number of benzene rings is 1. The minimum Gasteiger partial charge on any atom is -0.491 e. The Bertz CT molecular complexity index is 461. The van der Waals surface area contributed by atoms with Gasteiger partial charge in [-0.25, -0.2) is 8.42 Å². The van der Waals surface area contributed by atoms with E-state index in [0.717, 1.165) is 0 Å². The molecule has 0 bridgehead atoms. The largest absolute Gasteiger partial charge is 0.491 e. The molecule has 0 aliphatic carbocycles. The number of ether oxygens (including phenoxy) is 1. The van der Waals surface area contributed by atoms with Crippen molar-refractivity contribution in [2.45, 2.75) is 19.1 Å². The van der Waals surface area contributed by atoms with Crippen LogP contribution in [-0.2, 0) is 9.84 Å². The zero-order valence-electron chi connectivity index (χ0n) is 11.2. The van der Waals surface area contributed by atoms with Crippen LogP contribution in [0.4, 0.5) is 0 Å². The third-order valence-electron chi connectivity index (χ3n) is 2.44. The second-order valence-electron chi connectivity index (χ2n) is 4.68. The highest BCUT2D eigenvalue weighted by Gasteiger charge is 2.12. The topological polar surface area (TPSA) is 75.6 Å². The summed E-state index contributed by atoms with van der Waals surface area (Å²) in [5.41, 5.74) is 0. The summed E-state index contributed by atoms with van der Waals surface area (Å²) in [6.45, 7) is 2.23. The molecule has 2 N–H and O–H groups in total. The molecule has 0 spiro atoms. The first kappa shape index (κ1) is 15.9. The molecule has 1 aromatic rings. The zero-order chi connectivity index (χ0) is 14.3. The lowest BCUT2D eigenvalue weighted by Gasteiger charge is -2.17. The molecular weight excluding hydrogens is 266 g/mol. The predicted octanol–water partition coefficient (Wildman–Crippen LogP) is 0.449. The number of sulfone groups is 1. The Morgan fingerprint density at radius 2 is 1.95 bits per heavy atom. The highest BCUT2D eigenvalue weighted by molar-refractivity contribution is 7.90. The highest BCUT2D eigenvalue weighted by atomic mass is 32.2. The van der Waals surface area contributed by atoms with E-state index in [0.29, 0.717) is 12.3 Å². The number of hydrogen-bond acceptors (Lipinski definition) is 5. The first-order valence-electron chi connectivity index (χ1n) is 6.14. The van der Waals surface area contributed by atoms with Crippen LogP contribution in [0.1, 0.15) is 6.92 Å². The Morgan fingerprint density at radius 3 is 2.53 bits per heavy atom. The Balaban J connectivity index is 2.23. The van der Waals surface area contributed by atoms with Crippen molar-refractivity contribution in [2.24, 2.45) is 0 Å². The second-order valence-corrected chi connectivity index (χ2v) is 6.86. The monoisotopic (exact) mass is 287 g/mol. The van der Waals surface area contributed by atoms with E-state index in [2.05, 4.69) is 5.32 Å². The van der Waals surface area contributed by atoms with Crippen LogP contribution in [0.2, 0.25) is 0 Å². The van der Waals surface area contributed by atoms with Gasteiger partial charge in [0.1, 0.15) is 28.3 Å².